The second-order valence-corrected chi connectivity index (χ2v) is 4.69. The summed E-state index contributed by atoms with van der Waals surface area (Å²) in [5, 5.41) is 0. The van der Waals surface area contributed by atoms with Crippen molar-refractivity contribution in [3.8, 4) is 0 Å². The fourth-order valence-corrected chi connectivity index (χ4v) is 1.98. The monoisotopic (exact) mass is 230 g/mol. The third-order valence-electron chi connectivity index (χ3n) is 2.92. The number of ketones is 1. The first kappa shape index (κ1) is 13.7. The molecule has 1 heteroatoms. The zero-order valence-corrected chi connectivity index (χ0v) is 10.9. The molecule has 17 heavy (non-hydrogen) atoms. The van der Waals surface area contributed by atoms with E-state index >= 15 is 0 Å². The molecule has 1 rings (SSSR count). The Kier molecular flexibility index (Phi) is 5.68. The lowest BCUT2D eigenvalue weighted by molar-refractivity contribution is -0.120. The molecule has 0 bridgehead atoms. The van der Waals surface area contributed by atoms with Gasteiger partial charge in [0.25, 0.3) is 0 Å². The standard InChI is InChI=1S/C16H22O/c1-4-5-11-16(17)15(12-13(2)3)14-9-7-6-8-10-14/h6-10,15H,2,4-5,11-12H2,1,3H3. The zero-order chi connectivity index (χ0) is 12.7. The average Bonchev–Trinajstić information content (AvgIpc) is 2.34. The van der Waals surface area contributed by atoms with E-state index in [0.29, 0.717) is 12.2 Å². The third kappa shape index (κ3) is 4.56. The second-order valence-electron chi connectivity index (χ2n) is 4.69. The summed E-state index contributed by atoms with van der Waals surface area (Å²) in [6, 6.07) is 10.1. The smallest absolute Gasteiger partial charge is 0.140 e. The Balaban J connectivity index is 2.80. The highest BCUT2D eigenvalue weighted by Crippen LogP contribution is 2.25. The van der Waals surface area contributed by atoms with Gasteiger partial charge < -0.3 is 0 Å². The Morgan fingerprint density at radius 2 is 1.94 bits per heavy atom. The first-order chi connectivity index (χ1) is 8.15. The number of Topliss-reactive ketones (excluding diaryl/α,β-unsaturated/α-hetero) is 1. The Morgan fingerprint density at radius 3 is 2.47 bits per heavy atom. The lowest BCUT2D eigenvalue weighted by Gasteiger charge is -2.16. The second kappa shape index (κ2) is 7.05. The van der Waals surface area contributed by atoms with Gasteiger partial charge in [-0.3, -0.25) is 4.79 Å². The Hall–Kier alpha value is -1.37. The summed E-state index contributed by atoms with van der Waals surface area (Å²) < 4.78 is 0. The Bertz CT molecular complexity index is 364. The Morgan fingerprint density at radius 1 is 1.29 bits per heavy atom. The minimum atomic E-state index is 0.000231. The molecule has 0 saturated heterocycles. The number of carbonyl (C=O) groups excluding carboxylic acids is 1. The summed E-state index contributed by atoms with van der Waals surface area (Å²) in [7, 11) is 0. The molecule has 0 aliphatic rings. The molecule has 0 spiro atoms. The molecule has 0 aliphatic carbocycles. The summed E-state index contributed by atoms with van der Waals surface area (Å²) in [6.07, 6.45) is 3.51. The maximum Gasteiger partial charge on any atom is 0.140 e. The highest BCUT2D eigenvalue weighted by atomic mass is 16.1. The minimum absolute atomic E-state index is 0.000231. The first-order valence-electron chi connectivity index (χ1n) is 6.37. The topological polar surface area (TPSA) is 17.1 Å². The lowest BCUT2D eigenvalue weighted by Crippen LogP contribution is -2.12. The van der Waals surface area contributed by atoms with Gasteiger partial charge in [0.05, 0.1) is 0 Å². The number of benzene rings is 1. The number of hydrogen-bond acceptors (Lipinski definition) is 1. The van der Waals surface area contributed by atoms with E-state index in [2.05, 4.69) is 13.5 Å². The summed E-state index contributed by atoms with van der Waals surface area (Å²) in [5.41, 5.74) is 2.19. The van der Waals surface area contributed by atoms with Crippen molar-refractivity contribution in [2.75, 3.05) is 0 Å². The van der Waals surface area contributed by atoms with Crippen LogP contribution in [0.5, 0.6) is 0 Å². The van der Waals surface area contributed by atoms with Crippen molar-refractivity contribution in [3.05, 3.63) is 48.0 Å². The van der Waals surface area contributed by atoms with Crippen molar-refractivity contribution >= 4 is 5.78 Å². The van der Waals surface area contributed by atoms with Crippen molar-refractivity contribution in [2.24, 2.45) is 0 Å². The largest absolute Gasteiger partial charge is 0.299 e. The molecule has 0 amide bonds. The first-order valence-corrected chi connectivity index (χ1v) is 6.37. The van der Waals surface area contributed by atoms with Gasteiger partial charge in [-0.2, -0.15) is 0 Å². The van der Waals surface area contributed by atoms with E-state index in [4.69, 9.17) is 0 Å². The van der Waals surface area contributed by atoms with Crippen molar-refractivity contribution < 1.29 is 4.79 Å². The van der Waals surface area contributed by atoms with Crippen LogP contribution in [0.4, 0.5) is 0 Å². The number of hydrogen-bond donors (Lipinski definition) is 0. The quantitative estimate of drug-likeness (QED) is 0.630. The molecule has 0 fully saturated rings. The predicted octanol–water partition coefficient (Wildman–Crippen LogP) is 4.50. The van der Waals surface area contributed by atoms with Crippen LogP contribution >= 0.6 is 0 Å². The van der Waals surface area contributed by atoms with Gasteiger partial charge in [-0.05, 0) is 25.3 Å². The van der Waals surface area contributed by atoms with E-state index in [1.54, 1.807) is 0 Å². The number of carbonyl (C=O) groups is 1. The molecule has 0 saturated carbocycles. The van der Waals surface area contributed by atoms with Crippen molar-refractivity contribution in [2.45, 2.75) is 45.4 Å². The summed E-state index contributed by atoms with van der Waals surface area (Å²) >= 11 is 0. The normalized spacial score (nSPS) is 12.1. The third-order valence-corrected chi connectivity index (χ3v) is 2.92. The molecule has 1 nitrogen and oxygen atoms in total. The van der Waals surface area contributed by atoms with E-state index in [9.17, 15) is 4.79 Å². The molecule has 0 aliphatic heterocycles. The molecule has 1 unspecified atom stereocenters. The van der Waals surface area contributed by atoms with Gasteiger partial charge in [0.2, 0.25) is 0 Å². The highest BCUT2D eigenvalue weighted by molar-refractivity contribution is 5.86. The fourth-order valence-electron chi connectivity index (χ4n) is 1.98. The van der Waals surface area contributed by atoms with Crippen molar-refractivity contribution in [1.82, 2.24) is 0 Å². The van der Waals surface area contributed by atoms with Crippen LogP contribution in [0.3, 0.4) is 0 Å². The van der Waals surface area contributed by atoms with E-state index in [1.165, 1.54) is 0 Å². The SMILES string of the molecule is C=C(C)CC(C(=O)CCCC)c1ccccc1. The zero-order valence-electron chi connectivity index (χ0n) is 10.9. The van der Waals surface area contributed by atoms with E-state index < -0.39 is 0 Å². The molecule has 0 aromatic heterocycles. The average molecular weight is 230 g/mol. The van der Waals surface area contributed by atoms with Crippen LogP contribution in [0.25, 0.3) is 0 Å². The van der Waals surface area contributed by atoms with Crippen LogP contribution in [0.15, 0.2) is 42.5 Å². The summed E-state index contributed by atoms with van der Waals surface area (Å²) in [5.74, 6) is 0.348. The molecule has 1 aromatic rings. The minimum Gasteiger partial charge on any atom is -0.299 e. The van der Waals surface area contributed by atoms with E-state index in [1.807, 2.05) is 37.3 Å². The molecule has 0 heterocycles. The molecule has 92 valence electrons. The maximum absolute atomic E-state index is 12.2. The number of allylic oxidation sites excluding steroid dienone is 1. The van der Waals surface area contributed by atoms with Gasteiger partial charge in [0, 0.05) is 12.3 Å². The summed E-state index contributed by atoms with van der Waals surface area (Å²) in [4.78, 5) is 12.2. The van der Waals surface area contributed by atoms with Crippen molar-refractivity contribution in [1.29, 1.82) is 0 Å². The van der Waals surface area contributed by atoms with Gasteiger partial charge in [-0.25, -0.2) is 0 Å². The van der Waals surface area contributed by atoms with E-state index in [0.717, 1.165) is 30.4 Å². The van der Waals surface area contributed by atoms with Gasteiger partial charge >= 0.3 is 0 Å². The van der Waals surface area contributed by atoms with Crippen LogP contribution in [0.2, 0.25) is 0 Å². The number of unbranched alkanes of at least 4 members (excludes halogenated alkanes) is 1. The molecule has 0 radical (unpaired) electrons. The van der Waals surface area contributed by atoms with Gasteiger partial charge in [-0.15, -0.1) is 6.58 Å². The molecule has 1 atom stereocenters. The lowest BCUT2D eigenvalue weighted by atomic mass is 9.87. The van der Waals surface area contributed by atoms with Crippen LogP contribution in [0, 0.1) is 0 Å². The summed E-state index contributed by atoms with van der Waals surface area (Å²) in [6.45, 7) is 8.03. The van der Waals surface area contributed by atoms with Crippen LogP contribution < -0.4 is 0 Å². The highest BCUT2D eigenvalue weighted by Gasteiger charge is 2.19. The van der Waals surface area contributed by atoms with Gasteiger partial charge in [0.15, 0.2) is 0 Å². The molecular weight excluding hydrogens is 208 g/mol. The van der Waals surface area contributed by atoms with Crippen LogP contribution in [-0.4, -0.2) is 5.78 Å². The number of rotatable bonds is 7. The van der Waals surface area contributed by atoms with Crippen LogP contribution in [0.1, 0.15) is 51.0 Å². The van der Waals surface area contributed by atoms with Crippen molar-refractivity contribution in [3.63, 3.8) is 0 Å². The fraction of sp³-hybridized carbons (Fsp3) is 0.438. The molecule has 1 aromatic carbocycles. The predicted molar refractivity (Wildman–Crippen MR) is 73.1 cm³/mol. The van der Waals surface area contributed by atoms with Gasteiger partial charge in [0.1, 0.15) is 5.78 Å². The van der Waals surface area contributed by atoms with Gasteiger partial charge in [-0.1, -0.05) is 49.2 Å². The van der Waals surface area contributed by atoms with E-state index in [-0.39, 0.29) is 5.92 Å². The maximum atomic E-state index is 12.2. The molecule has 0 N–H and O–H groups in total. The Labute approximate surface area is 105 Å². The van der Waals surface area contributed by atoms with Crippen LogP contribution in [-0.2, 0) is 4.79 Å². The molecular formula is C16H22O.